The number of carbonyl (C=O) groups is 3. The fourth-order valence-corrected chi connectivity index (χ4v) is 2.75. The van der Waals surface area contributed by atoms with Crippen LogP contribution in [0.3, 0.4) is 0 Å². The van der Waals surface area contributed by atoms with Crippen molar-refractivity contribution in [3.63, 3.8) is 0 Å². The van der Waals surface area contributed by atoms with Crippen LogP contribution >= 0.6 is 0 Å². The molecule has 0 radical (unpaired) electrons. The van der Waals surface area contributed by atoms with Gasteiger partial charge in [0.1, 0.15) is 12.2 Å². The third-order valence-corrected chi connectivity index (χ3v) is 4.19. The normalized spacial score (nSPS) is 14.8. The molecule has 29 heavy (non-hydrogen) atoms. The van der Waals surface area contributed by atoms with Crippen LogP contribution in [0.2, 0.25) is 0 Å². The zero-order valence-corrected chi connectivity index (χ0v) is 16.1. The molecule has 3 rings (SSSR count). The van der Waals surface area contributed by atoms with Crippen molar-refractivity contribution < 1.29 is 24.2 Å². The van der Waals surface area contributed by atoms with Crippen molar-refractivity contribution in [2.24, 2.45) is 0 Å². The number of hydrogen-bond acceptors (Lipinski definition) is 5. The number of nitrogens with zero attached hydrogens (tertiary/aromatic N) is 1. The lowest BCUT2D eigenvalue weighted by Crippen LogP contribution is -2.38. The molecule has 2 aromatic rings. The lowest BCUT2D eigenvalue weighted by atomic mass is 10.1. The minimum absolute atomic E-state index is 0.0230. The molecule has 2 aromatic carbocycles. The maximum atomic E-state index is 12.5. The van der Waals surface area contributed by atoms with Crippen molar-refractivity contribution in [1.82, 2.24) is 10.2 Å². The first kappa shape index (κ1) is 19.9. The smallest absolute Gasteiger partial charge is 0.329 e. The van der Waals surface area contributed by atoms with Crippen molar-refractivity contribution in [2.45, 2.75) is 13.8 Å². The van der Waals surface area contributed by atoms with Crippen LogP contribution in [0.4, 0.5) is 10.5 Å². The van der Waals surface area contributed by atoms with E-state index in [-0.39, 0.29) is 17.2 Å². The number of phenols is 1. The van der Waals surface area contributed by atoms with E-state index in [1.807, 2.05) is 19.1 Å². The number of anilines is 1. The molecule has 0 aromatic heterocycles. The Kier molecular flexibility index (Phi) is 5.82. The number of ether oxygens (including phenoxy) is 1. The molecule has 1 saturated heterocycles. The predicted molar refractivity (Wildman–Crippen MR) is 107 cm³/mol. The number of imide groups is 1. The molecule has 0 bridgehead atoms. The van der Waals surface area contributed by atoms with E-state index in [0.717, 1.165) is 10.5 Å². The van der Waals surface area contributed by atoms with Crippen molar-refractivity contribution in [3.8, 4) is 11.5 Å². The van der Waals surface area contributed by atoms with Gasteiger partial charge in [0.25, 0.3) is 5.91 Å². The van der Waals surface area contributed by atoms with Crippen LogP contribution in [-0.2, 0) is 9.59 Å². The quantitative estimate of drug-likeness (QED) is 0.515. The van der Waals surface area contributed by atoms with Crippen LogP contribution in [0.1, 0.15) is 18.1 Å². The highest BCUT2D eigenvalue weighted by atomic mass is 16.5. The summed E-state index contributed by atoms with van der Waals surface area (Å²) in [5, 5.41) is 14.9. The van der Waals surface area contributed by atoms with Crippen LogP contribution in [0, 0.1) is 6.92 Å². The Balaban J connectivity index is 1.70. The summed E-state index contributed by atoms with van der Waals surface area (Å²) >= 11 is 0. The fourth-order valence-electron chi connectivity index (χ4n) is 2.75. The third-order valence-electron chi connectivity index (χ3n) is 4.19. The molecule has 0 aliphatic carbocycles. The Morgan fingerprint density at radius 2 is 1.93 bits per heavy atom. The van der Waals surface area contributed by atoms with Gasteiger partial charge in [0.15, 0.2) is 11.5 Å². The number of hydrogen-bond donors (Lipinski definition) is 3. The first-order valence-corrected chi connectivity index (χ1v) is 9.04. The molecular weight excluding hydrogens is 374 g/mol. The van der Waals surface area contributed by atoms with E-state index >= 15 is 0 Å². The summed E-state index contributed by atoms with van der Waals surface area (Å²) in [5.74, 6) is -0.847. The van der Waals surface area contributed by atoms with Gasteiger partial charge in [0, 0.05) is 5.69 Å². The molecule has 1 fully saturated rings. The van der Waals surface area contributed by atoms with Crippen LogP contribution in [0.25, 0.3) is 6.08 Å². The average molecular weight is 395 g/mol. The van der Waals surface area contributed by atoms with Gasteiger partial charge in [-0.25, -0.2) is 9.69 Å². The number of phenolic OH excluding ortho intramolecular Hbond substituents is 1. The van der Waals surface area contributed by atoms with Gasteiger partial charge in [-0.2, -0.15) is 0 Å². The maximum Gasteiger partial charge on any atom is 0.329 e. The summed E-state index contributed by atoms with van der Waals surface area (Å²) in [7, 11) is 0. The Morgan fingerprint density at radius 3 is 2.62 bits per heavy atom. The van der Waals surface area contributed by atoms with Gasteiger partial charge in [-0.05, 0) is 49.8 Å². The Bertz CT molecular complexity index is 982. The summed E-state index contributed by atoms with van der Waals surface area (Å²) in [6.07, 6.45) is 1.46. The van der Waals surface area contributed by atoms with Crippen molar-refractivity contribution in [2.75, 3.05) is 18.5 Å². The number of amides is 4. The molecule has 8 heteroatoms. The van der Waals surface area contributed by atoms with Crippen LogP contribution < -0.4 is 15.4 Å². The number of nitrogens with one attached hydrogen (secondary N) is 2. The second-order valence-corrected chi connectivity index (χ2v) is 6.45. The molecule has 1 heterocycles. The van der Waals surface area contributed by atoms with E-state index in [9.17, 15) is 19.5 Å². The van der Waals surface area contributed by atoms with Crippen LogP contribution in [-0.4, -0.2) is 41.0 Å². The summed E-state index contributed by atoms with van der Waals surface area (Å²) in [6.45, 7) is 3.67. The molecule has 1 aliphatic heterocycles. The molecule has 8 nitrogen and oxygen atoms in total. The number of benzene rings is 2. The van der Waals surface area contributed by atoms with Gasteiger partial charge in [-0.1, -0.05) is 23.8 Å². The number of urea groups is 1. The number of carbonyl (C=O) groups excluding carboxylic acids is 3. The van der Waals surface area contributed by atoms with Gasteiger partial charge in [0.2, 0.25) is 5.91 Å². The zero-order chi connectivity index (χ0) is 21.0. The SMILES string of the molecule is CCOc1cc(/C=C2/NC(=O)N(CC(=O)Nc3ccc(C)cc3)C2=O)ccc1O. The lowest BCUT2D eigenvalue weighted by molar-refractivity contribution is -0.127. The zero-order valence-electron chi connectivity index (χ0n) is 16.1. The highest BCUT2D eigenvalue weighted by Gasteiger charge is 2.34. The first-order chi connectivity index (χ1) is 13.9. The largest absolute Gasteiger partial charge is 0.504 e. The Morgan fingerprint density at radius 1 is 1.21 bits per heavy atom. The Labute approximate surface area is 167 Å². The van der Waals surface area contributed by atoms with Gasteiger partial charge in [-0.15, -0.1) is 0 Å². The molecule has 4 amide bonds. The van der Waals surface area contributed by atoms with Crippen LogP contribution in [0.15, 0.2) is 48.2 Å². The number of aryl methyl sites for hydroxylation is 1. The summed E-state index contributed by atoms with van der Waals surface area (Å²) < 4.78 is 5.31. The van der Waals surface area contributed by atoms with Crippen molar-refractivity contribution >= 4 is 29.6 Å². The van der Waals surface area contributed by atoms with Gasteiger partial charge in [-0.3, -0.25) is 9.59 Å². The van der Waals surface area contributed by atoms with Crippen molar-refractivity contribution in [1.29, 1.82) is 0 Å². The molecule has 150 valence electrons. The number of aromatic hydroxyl groups is 1. The van der Waals surface area contributed by atoms with Gasteiger partial charge < -0.3 is 20.5 Å². The highest BCUT2D eigenvalue weighted by molar-refractivity contribution is 6.15. The second kappa shape index (κ2) is 8.47. The fraction of sp³-hybridized carbons (Fsp3) is 0.190. The first-order valence-electron chi connectivity index (χ1n) is 9.04. The average Bonchev–Trinajstić information content (AvgIpc) is 2.94. The van der Waals surface area contributed by atoms with E-state index in [2.05, 4.69) is 10.6 Å². The van der Waals surface area contributed by atoms with Gasteiger partial charge in [0.05, 0.1) is 6.61 Å². The van der Waals surface area contributed by atoms with E-state index in [1.54, 1.807) is 31.2 Å². The minimum Gasteiger partial charge on any atom is -0.504 e. The summed E-state index contributed by atoms with van der Waals surface area (Å²) in [6, 6.07) is 11.1. The lowest BCUT2D eigenvalue weighted by Gasteiger charge is -2.12. The topological polar surface area (TPSA) is 108 Å². The van der Waals surface area contributed by atoms with E-state index in [4.69, 9.17) is 4.74 Å². The molecule has 0 spiro atoms. The predicted octanol–water partition coefficient (Wildman–Crippen LogP) is 2.63. The van der Waals surface area contributed by atoms with E-state index < -0.39 is 24.4 Å². The third kappa shape index (κ3) is 4.73. The summed E-state index contributed by atoms with van der Waals surface area (Å²) in [5.41, 5.74) is 2.22. The summed E-state index contributed by atoms with van der Waals surface area (Å²) in [4.78, 5) is 37.7. The highest BCUT2D eigenvalue weighted by Crippen LogP contribution is 2.28. The minimum atomic E-state index is -0.677. The Hall–Kier alpha value is -3.81. The standard InChI is InChI=1S/C21H21N3O5/c1-3-29-18-11-14(6-9-17(18)25)10-16-20(27)24(21(28)23-16)12-19(26)22-15-7-4-13(2)5-8-15/h4-11,25H,3,12H2,1-2H3,(H,22,26)(H,23,28)/b16-10+. The second-order valence-electron chi connectivity index (χ2n) is 6.45. The number of rotatable bonds is 6. The van der Waals surface area contributed by atoms with E-state index in [1.165, 1.54) is 12.1 Å². The molecule has 1 aliphatic rings. The van der Waals surface area contributed by atoms with Crippen molar-refractivity contribution in [3.05, 3.63) is 59.3 Å². The monoisotopic (exact) mass is 395 g/mol. The molecular formula is C21H21N3O5. The van der Waals surface area contributed by atoms with Crippen LogP contribution in [0.5, 0.6) is 11.5 Å². The molecule has 0 unspecified atom stereocenters. The molecule has 0 atom stereocenters. The maximum absolute atomic E-state index is 12.5. The van der Waals surface area contributed by atoms with Gasteiger partial charge >= 0.3 is 6.03 Å². The molecule has 0 saturated carbocycles. The van der Waals surface area contributed by atoms with E-state index in [0.29, 0.717) is 17.9 Å². The molecule has 3 N–H and O–H groups in total.